The minimum Gasteiger partial charge on any atom is -0.497 e. The molecule has 0 bridgehead atoms. The van der Waals surface area contributed by atoms with Gasteiger partial charge in [-0.15, -0.1) is 11.3 Å². The van der Waals surface area contributed by atoms with E-state index in [0.717, 1.165) is 11.3 Å². The molecule has 3 rings (SSSR count). The molecule has 1 aromatic carbocycles. The summed E-state index contributed by atoms with van der Waals surface area (Å²) in [6.07, 6.45) is 3.01. The smallest absolute Gasteiger partial charge is 0.236 e. The summed E-state index contributed by atoms with van der Waals surface area (Å²) in [6, 6.07) is 7.71. The highest BCUT2D eigenvalue weighted by Gasteiger charge is 2.42. The van der Waals surface area contributed by atoms with E-state index in [1.807, 2.05) is 29.6 Å². The van der Waals surface area contributed by atoms with Crippen molar-refractivity contribution in [1.82, 2.24) is 4.98 Å². The number of methoxy groups -OCH3 is 1. The van der Waals surface area contributed by atoms with Crippen LogP contribution in [0.1, 0.15) is 18.4 Å². The topological polar surface area (TPSA) is 60.5 Å². The van der Waals surface area contributed by atoms with Gasteiger partial charge in [0.2, 0.25) is 5.91 Å². The average molecular weight is 318 g/mol. The minimum absolute atomic E-state index is 0.0177. The van der Waals surface area contributed by atoms with E-state index >= 15 is 0 Å². The van der Waals surface area contributed by atoms with Gasteiger partial charge >= 0.3 is 0 Å². The van der Waals surface area contributed by atoms with Gasteiger partial charge in [0.1, 0.15) is 5.75 Å². The number of hydrogen-bond donors (Lipinski definition) is 1. The Morgan fingerprint density at radius 2 is 2.05 bits per heavy atom. The number of rotatable bonds is 4. The molecular weight excluding hydrogens is 300 g/mol. The molecule has 2 heterocycles. The normalized spacial score (nSPS) is 17.0. The molecule has 1 aliphatic heterocycles. The molecule has 5 nitrogen and oxygen atoms in total. The van der Waals surface area contributed by atoms with E-state index < -0.39 is 5.41 Å². The summed E-state index contributed by atoms with van der Waals surface area (Å²) in [6.45, 7) is 1.16. The number of anilines is 1. The van der Waals surface area contributed by atoms with Crippen LogP contribution >= 0.6 is 11.3 Å². The van der Waals surface area contributed by atoms with Gasteiger partial charge in [0.05, 0.1) is 12.5 Å². The van der Waals surface area contributed by atoms with Crippen molar-refractivity contribution in [2.24, 2.45) is 0 Å². The lowest BCUT2D eigenvalue weighted by Gasteiger charge is -2.36. The van der Waals surface area contributed by atoms with Gasteiger partial charge in [-0.05, 0) is 30.5 Å². The maximum Gasteiger partial charge on any atom is 0.236 e. The summed E-state index contributed by atoms with van der Waals surface area (Å²) in [5.41, 5.74) is 0.418. The van der Waals surface area contributed by atoms with E-state index in [1.165, 1.54) is 11.3 Å². The third-order valence-electron chi connectivity index (χ3n) is 4.08. The van der Waals surface area contributed by atoms with Crippen LogP contribution in [0.15, 0.2) is 35.8 Å². The fourth-order valence-corrected chi connectivity index (χ4v) is 3.30. The highest BCUT2D eigenvalue weighted by atomic mass is 32.1. The predicted octanol–water partition coefficient (Wildman–Crippen LogP) is 2.84. The monoisotopic (exact) mass is 318 g/mol. The van der Waals surface area contributed by atoms with Gasteiger partial charge in [-0.2, -0.15) is 0 Å². The first-order chi connectivity index (χ1) is 10.7. The molecule has 0 spiro atoms. The Kier molecular flexibility index (Phi) is 4.40. The third-order valence-corrected chi connectivity index (χ3v) is 4.76. The van der Waals surface area contributed by atoms with Crippen LogP contribution in [0.2, 0.25) is 0 Å². The highest BCUT2D eigenvalue weighted by Crippen LogP contribution is 2.37. The number of ether oxygens (including phenoxy) is 2. The van der Waals surface area contributed by atoms with Crippen molar-refractivity contribution >= 4 is 22.4 Å². The first kappa shape index (κ1) is 15.0. The molecule has 0 atom stereocenters. The molecule has 2 aromatic rings. The van der Waals surface area contributed by atoms with Gasteiger partial charge < -0.3 is 14.8 Å². The molecule has 0 unspecified atom stereocenters. The highest BCUT2D eigenvalue weighted by molar-refractivity contribution is 7.13. The van der Waals surface area contributed by atoms with Crippen molar-refractivity contribution in [2.75, 3.05) is 25.6 Å². The molecule has 0 saturated carbocycles. The summed E-state index contributed by atoms with van der Waals surface area (Å²) < 4.78 is 10.7. The molecule has 6 heteroatoms. The molecule has 0 aliphatic carbocycles. The number of nitrogens with one attached hydrogen (secondary N) is 1. The average Bonchev–Trinajstić information content (AvgIpc) is 3.08. The first-order valence-electron chi connectivity index (χ1n) is 7.18. The molecule has 1 amide bonds. The number of carbonyl (C=O) groups excluding carboxylic acids is 1. The molecule has 0 radical (unpaired) electrons. The Bertz CT molecular complexity index is 619. The van der Waals surface area contributed by atoms with Crippen LogP contribution in [0.4, 0.5) is 5.13 Å². The van der Waals surface area contributed by atoms with Crippen LogP contribution in [0.3, 0.4) is 0 Å². The summed E-state index contributed by atoms with van der Waals surface area (Å²) in [5, 5.41) is 5.42. The standard InChI is InChI=1S/C16H18N2O3S/c1-20-13-4-2-12(3-5-13)16(6-9-21-10-7-16)14(19)18-15-17-8-11-22-15/h2-5,8,11H,6-7,9-10H2,1H3,(H,17,18,19). The third kappa shape index (κ3) is 2.84. The quantitative estimate of drug-likeness (QED) is 0.941. The Balaban J connectivity index is 1.91. The number of nitrogens with zero attached hydrogens (tertiary/aromatic N) is 1. The number of hydrogen-bond acceptors (Lipinski definition) is 5. The van der Waals surface area contributed by atoms with Crippen molar-refractivity contribution in [2.45, 2.75) is 18.3 Å². The lowest BCUT2D eigenvalue weighted by molar-refractivity contribution is -0.125. The number of amides is 1. The van der Waals surface area contributed by atoms with Crippen LogP contribution in [0.25, 0.3) is 0 Å². The summed E-state index contributed by atoms with van der Waals surface area (Å²) in [7, 11) is 1.63. The molecule has 1 saturated heterocycles. The van der Waals surface area contributed by atoms with E-state index in [2.05, 4.69) is 10.3 Å². The maximum atomic E-state index is 12.9. The molecule has 1 aliphatic rings. The second kappa shape index (κ2) is 6.46. The molecule has 116 valence electrons. The van der Waals surface area contributed by atoms with E-state index in [1.54, 1.807) is 13.3 Å². The van der Waals surface area contributed by atoms with Crippen molar-refractivity contribution in [1.29, 1.82) is 0 Å². The maximum absolute atomic E-state index is 12.9. The van der Waals surface area contributed by atoms with Crippen LogP contribution in [0, 0.1) is 0 Å². The molecular formula is C16H18N2O3S. The van der Waals surface area contributed by atoms with E-state index in [0.29, 0.717) is 31.2 Å². The first-order valence-corrected chi connectivity index (χ1v) is 8.06. The van der Waals surface area contributed by atoms with Crippen LogP contribution in [-0.2, 0) is 14.9 Å². The van der Waals surface area contributed by atoms with Crippen molar-refractivity contribution in [3.8, 4) is 5.75 Å². The second-order valence-corrected chi connectivity index (χ2v) is 6.11. The van der Waals surface area contributed by atoms with E-state index in [-0.39, 0.29) is 5.91 Å². The second-order valence-electron chi connectivity index (χ2n) is 5.21. The van der Waals surface area contributed by atoms with Crippen LogP contribution in [0.5, 0.6) is 5.75 Å². The molecule has 1 fully saturated rings. The molecule has 1 aromatic heterocycles. The lowest BCUT2D eigenvalue weighted by atomic mass is 9.73. The largest absolute Gasteiger partial charge is 0.497 e. The fraction of sp³-hybridized carbons (Fsp3) is 0.375. The van der Waals surface area contributed by atoms with Crippen LogP contribution < -0.4 is 10.1 Å². The zero-order chi connectivity index (χ0) is 15.4. The van der Waals surface area contributed by atoms with E-state index in [9.17, 15) is 4.79 Å². The number of benzene rings is 1. The Labute approximate surface area is 133 Å². The summed E-state index contributed by atoms with van der Waals surface area (Å²) >= 11 is 1.42. The fourth-order valence-electron chi connectivity index (χ4n) is 2.78. The van der Waals surface area contributed by atoms with Gasteiger partial charge in [-0.1, -0.05) is 12.1 Å². The molecule has 1 N–H and O–H groups in total. The SMILES string of the molecule is COc1ccc(C2(C(=O)Nc3nccs3)CCOCC2)cc1. The zero-order valence-corrected chi connectivity index (χ0v) is 13.2. The van der Waals surface area contributed by atoms with Crippen LogP contribution in [-0.4, -0.2) is 31.2 Å². The van der Waals surface area contributed by atoms with Gasteiger partial charge in [-0.25, -0.2) is 4.98 Å². The number of aromatic nitrogens is 1. The lowest BCUT2D eigenvalue weighted by Crippen LogP contribution is -2.44. The van der Waals surface area contributed by atoms with Gasteiger partial charge in [0, 0.05) is 24.8 Å². The van der Waals surface area contributed by atoms with Crippen molar-refractivity contribution in [3.63, 3.8) is 0 Å². The predicted molar refractivity (Wildman–Crippen MR) is 85.5 cm³/mol. The van der Waals surface area contributed by atoms with Crippen molar-refractivity contribution in [3.05, 3.63) is 41.4 Å². The van der Waals surface area contributed by atoms with E-state index in [4.69, 9.17) is 9.47 Å². The van der Waals surface area contributed by atoms with Crippen molar-refractivity contribution < 1.29 is 14.3 Å². The Hall–Kier alpha value is -1.92. The summed E-state index contributed by atoms with van der Waals surface area (Å²) in [4.78, 5) is 17.0. The van der Waals surface area contributed by atoms with Gasteiger partial charge in [-0.3, -0.25) is 4.79 Å². The molecule has 22 heavy (non-hydrogen) atoms. The number of carbonyl (C=O) groups is 1. The zero-order valence-electron chi connectivity index (χ0n) is 12.4. The minimum atomic E-state index is -0.573. The van der Waals surface area contributed by atoms with Gasteiger partial charge in [0.15, 0.2) is 5.13 Å². The van der Waals surface area contributed by atoms with Gasteiger partial charge in [0.25, 0.3) is 0 Å². The summed E-state index contributed by atoms with van der Waals surface area (Å²) in [5.74, 6) is 0.766. The Morgan fingerprint density at radius 1 is 1.32 bits per heavy atom. The Morgan fingerprint density at radius 3 is 2.64 bits per heavy atom. The number of thiazole rings is 1.